The van der Waals surface area contributed by atoms with Crippen LogP contribution in [-0.4, -0.2) is 17.5 Å². The molecular weight excluding hydrogens is 308 g/mol. The summed E-state index contributed by atoms with van der Waals surface area (Å²) in [5, 5.41) is 3.78. The molecule has 1 saturated heterocycles. The first-order valence-corrected chi connectivity index (χ1v) is 8.33. The molecule has 0 spiro atoms. The number of benzene rings is 2. The first kappa shape index (κ1) is 15.9. The summed E-state index contributed by atoms with van der Waals surface area (Å²) in [6, 6.07) is 13.9. The van der Waals surface area contributed by atoms with Crippen LogP contribution < -0.4 is 5.32 Å². The Labute approximate surface area is 142 Å². The number of hydrogen-bond donors (Lipinski definition) is 1. The Bertz CT molecular complexity index is 729. The average Bonchev–Trinajstić information content (AvgIpc) is 3.01. The van der Waals surface area contributed by atoms with E-state index in [1.54, 1.807) is 0 Å². The van der Waals surface area contributed by atoms with Gasteiger partial charge in [-0.3, -0.25) is 0 Å². The summed E-state index contributed by atoms with van der Waals surface area (Å²) in [6.45, 7) is 4.79. The Balaban J connectivity index is 1.81. The van der Waals surface area contributed by atoms with Crippen LogP contribution >= 0.6 is 11.6 Å². The van der Waals surface area contributed by atoms with Gasteiger partial charge in [0, 0.05) is 17.3 Å². The van der Waals surface area contributed by atoms with E-state index < -0.39 is 0 Å². The highest BCUT2D eigenvalue weighted by Gasteiger charge is 2.31. The molecule has 0 aliphatic carbocycles. The van der Waals surface area contributed by atoms with Gasteiger partial charge in [0.15, 0.2) is 0 Å². The van der Waals surface area contributed by atoms with Gasteiger partial charge >= 0.3 is 6.03 Å². The number of carbonyl (C=O) groups is 1. The summed E-state index contributed by atoms with van der Waals surface area (Å²) in [6.07, 6.45) is 1.94. The van der Waals surface area contributed by atoms with E-state index in [1.165, 1.54) is 0 Å². The summed E-state index contributed by atoms with van der Waals surface area (Å²) in [4.78, 5) is 14.6. The Morgan fingerprint density at radius 3 is 2.78 bits per heavy atom. The molecule has 2 amide bonds. The molecule has 1 atom stereocenters. The molecule has 1 aliphatic rings. The fourth-order valence-corrected chi connectivity index (χ4v) is 3.40. The number of rotatable bonds is 2. The number of nitrogens with zero attached hydrogens (tertiary/aromatic N) is 1. The minimum Gasteiger partial charge on any atom is -0.317 e. The highest BCUT2D eigenvalue weighted by molar-refractivity contribution is 6.31. The third-order valence-corrected chi connectivity index (χ3v) is 4.76. The third kappa shape index (κ3) is 3.35. The standard InChI is InChI=1S/C19H21ClN2O/c1-13-9-10-14(2)17(12-13)21-19(23)22-11-5-8-18(22)15-6-3-4-7-16(15)20/h3-4,6-7,9-10,12,18H,5,8,11H2,1-2H3,(H,21,23)/t18-/m1/s1. The normalized spacial score (nSPS) is 17.3. The van der Waals surface area contributed by atoms with Crippen molar-refractivity contribution in [2.75, 3.05) is 11.9 Å². The lowest BCUT2D eigenvalue weighted by Gasteiger charge is -2.26. The van der Waals surface area contributed by atoms with Gasteiger partial charge in [-0.05, 0) is 55.5 Å². The number of likely N-dealkylation sites (tertiary alicyclic amines) is 1. The number of anilines is 1. The highest BCUT2D eigenvalue weighted by atomic mass is 35.5. The fraction of sp³-hybridized carbons (Fsp3) is 0.316. The minimum atomic E-state index is -0.0545. The maximum absolute atomic E-state index is 12.7. The molecule has 2 aromatic carbocycles. The van der Waals surface area contributed by atoms with Gasteiger partial charge in [-0.25, -0.2) is 4.79 Å². The zero-order valence-corrected chi connectivity index (χ0v) is 14.2. The topological polar surface area (TPSA) is 32.3 Å². The van der Waals surface area contributed by atoms with E-state index in [4.69, 9.17) is 11.6 Å². The molecule has 1 fully saturated rings. The van der Waals surface area contributed by atoms with Gasteiger partial charge in [-0.15, -0.1) is 0 Å². The van der Waals surface area contributed by atoms with E-state index >= 15 is 0 Å². The molecule has 1 heterocycles. The first-order valence-electron chi connectivity index (χ1n) is 7.95. The monoisotopic (exact) mass is 328 g/mol. The lowest BCUT2D eigenvalue weighted by atomic mass is 10.0. The predicted molar refractivity (Wildman–Crippen MR) is 95.1 cm³/mol. The van der Waals surface area contributed by atoms with Crippen molar-refractivity contribution in [3.05, 3.63) is 64.2 Å². The van der Waals surface area contributed by atoms with Crippen molar-refractivity contribution in [3.63, 3.8) is 0 Å². The van der Waals surface area contributed by atoms with E-state index in [-0.39, 0.29) is 12.1 Å². The van der Waals surface area contributed by atoms with Crippen LogP contribution in [0.5, 0.6) is 0 Å². The third-order valence-electron chi connectivity index (χ3n) is 4.41. The Kier molecular flexibility index (Phi) is 4.58. The fourth-order valence-electron chi connectivity index (χ4n) is 3.14. The number of urea groups is 1. The minimum absolute atomic E-state index is 0.0498. The highest BCUT2D eigenvalue weighted by Crippen LogP contribution is 2.36. The molecule has 3 nitrogen and oxygen atoms in total. The van der Waals surface area contributed by atoms with Crippen LogP contribution in [0.15, 0.2) is 42.5 Å². The predicted octanol–water partition coefficient (Wildman–Crippen LogP) is 5.33. The molecule has 1 aliphatic heterocycles. The summed E-state index contributed by atoms with van der Waals surface area (Å²) in [5.41, 5.74) is 4.11. The molecule has 0 radical (unpaired) electrons. The second-order valence-corrected chi connectivity index (χ2v) is 6.53. The lowest BCUT2D eigenvalue weighted by molar-refractivity contribution is 0.207. The molecular formula is C19H21ClN2O. The SMILES string of the molecule is Cc1ccc(C)c(NC(=O)N2CCC[C@@H]2c2ccccc2Cl)c1. The van der Waals surface area contributed by atoms with E-state index in [9.17, 15) is 4.79 Å². The van der Waals surface area contributed by atoms with Gasteiger partial charge in [0.1, 0.15) is 0 Å². The summed E-state index contributed by atoms with van der Waals surface area (Å²) in [5.74, 6) is 0. The van der Waals surface area contributed by atoms with Crippen LogP contribution in [0.2, 0.25) is 5.02 Å². The second-order valence-electron chi connectivity index (χ2n) is 6.12. The number of amides is 2. The van der Waals surface area contributed by atoms with Crippen molar-refractivity contribution in [1.29, 1.82) is 0 Å². The molecule has 0 aromatic heterocycles. The van der Waals surface area contributed by atoms with Gasteiger partial charge in [0.25, 0.3) is 0 Å². The van der Waals surface area contributed by atoms with Crippen molar-refractivity contribution in [2.45, 2.75) is 32.7 Å². The van der Waals surface area contributed by atoms with Crippen molar-refractivity contribution in [2.24, 2.45) is 0 Å². The van der Waals surface area contributed by atoms with Crippen molar-refractivity contribution >= 4 is 23.3 Å². The maximum atomic E-state index is 12.7. The van der Waals surface area contributed by atoms with Gasteiger partial charge in [0.2, 0.25) is 0 Å². The van der Waals surface area contributed by atoms with Crippen LogP contribution in [-0.2, 0) is 0 Å². The van der Waals surface area contributed by atoms with Crippen LogP contribution in [0.3, 0.4) is 0 Å². The van der Waals surface area contributed by atoms with E-state index in [0.717, 1.165) is 46.8 Å². The van der Waals surface area contributed by atoms with Crippen molar-refractivity contribution in [3.8, 4) is 0 Å². The summed E-state index contributed by atoms with van der Waals surface area (Å²) >= 11 is 6.32. The number of nitrogens with one attached hydrogen (secondary N) is 1. The number of hydrogen-bond acceptors (Lipinski definition) is 1. The molecule has 0 saturated carbocycles. The number of aryl methyl sites for hydroxylation is 2. The van der Waals surface area contributed by atoms with Crippen LogP contribution in [0.4, 0.5) is 10.5 Å². The summed E-state index contributed by atoms with van der Waals surface area (Å²) < 4.78 is 0. The van der Waals surface area contributed by atoms with E-state index in [0.29, 0.717) is 0 Å². The largest absolute Gasteiger partial charge is 0.322 e. The molecule has 2 aromatic rings. The Hall–Kier alpha value is -2.00. The quantitative estimate of drug-likeness (QED) is 0.794. The molecule has 0 bridgehead atoms. The van der Waals surface area contributed by atoms with Crippen molar-refractivity contribution < 1.29 is 4.79 Å². The molecule has 0 unspecified atom stereocenters. The van der Waals surface area contributed by atoms with E-state index in [1.807, 2.05) is 61.2 Å². The Morgan fingerprint density at radius 2 is 2.00 bits per heavy atom. The van der Waals surface area contributed by atoms with Gasteiger partial charge in [-0.2, -0.15) is 0 Å². The van der Waals surface area contributed by atoms with Gasteiger partial charge in [-0.1, -0.05) is 41.9 Å². The maximum Gasteiger partial charge on any atom is 0.322 e. The zero-order chi connectivity index (χ0) is 16.4. The number of halogens is 1. The van der Waals surface area contributed by atoms with Gasteiger partial charge < -0.3 is 10.2 Å². The summed E-state index contributed by atoms with van der Waals surface area (Å²) in [7, 11) is 0. The first-order chi connectivity index (χ1) is 11.1. The van der Waals surface area contributed by atoms with Crippen LogP contribution in [0, 0.1) is 13.8 Å². The Morgan fingerprint density at radius 1 is 1.22 bits per heavy atom. The smallest absolute Gasteiger partial charge is 0.317 e. The van der Waals surface area contributed by atoms with Crippen LogP contribution in [0.1, 0.15) is 35.6 Å². The zero-order valence-electron chi connectivity index (χ0n) is 13.5. The average molecular weight is 329 g/mol. The molecule has 4 heteroatoms. The molecule has 3 rings (SSSR count). The van der Waals surface area contributed by atoms with Gasteiger partial charge in [0.05, 0.1) is 6.04 Å². The molecule has 1 N–H and O–H groups in total. The van der Waals surface area contributed by atoms with Crippen LogP contribution in [0.25, 0.3) is 0 Å². The number of carbonyl (C=O) groups excluding carboxylic acids is 1. The molecule has 23 heavy (non-hydrogen) atoms. The second kappa shape index (κ2) is 6.63. The molecule has 120 valence electrons. The lowest BCUT2D eigenvalue weighted by Crippen LogP contribution is -2.34. The van der Waals surface area contributed by atoms with Crippen molar-refractivity contribution in [1.82, 2.24) is 4.90 Å². The van der Waals surface area contributed by atoms with E-state index in [2.05, 4.69) is 5.32 Å².